The standard InChI is InChI=1S/C25H23FN6O/c1-4-19(31-24-22-23(28-12-27-22)29-13-30-24)20-11-16-8-9-18(26)15(3)21(16)25(33)32(20)17-7-5-6-14(2)10-17/h5-13,19H,4H2,1-3H3,(H2,27,28,29,30,31)/t19-/m0/s1. The SMILES string of the molecule is CC[C@H](Nc1ncnc2nc[nH]c12)c1cc2ccc(F)c(C)c2c(=O)n1-c1cccc(C)c1. The van der Waals surface area contributed by atoms with Crippen LogP contribution in [0, 0.1) is 19.7 Å². The molecule has 0 fully saturated rings. The zero-order valence-electron chi connectivity index (χ0n) is 18.6. The molecule has 0 saturated carbocycles. The number of hydrogen-bond acceptors (Lipinski definition) is 5. The van der Waals surface area contributed by atoms with Gasteiger partial charge in [-0.25, -0.2) is 19.3 Å². The third-order valence-corrected chi connectivity index (χ3v) is 5.97. The molecule has 0 amide bonds. The number of halogens is 1. The lowest BCUT2D eigenvalue weighted by atomic mass is 10.0. The zero-order valence-corrected chi connectivity index (χ0v) is 18.6. The van der Waals surface area contributed by atoms with Gasteiger partial charge in [-0.2, -0.15) is 0 Å². The third-order valence-electron chi connectivity index (χ3n) is 5.97. The van der Waals surface area contributed by atoms with Crippen LogP contribution in [-0.4, -0.2) is 24.5 Å². The van der Waals surface area contributed by atoms with Crippen LogP contribution in [0.5, 0.6) is 0 Å². The summed E-state index contributed by atoms with van der Waals surface area (Å²) in [4.78, 5) is 29.6. The molecule has 8 heteroatoms. The van der Waals surface area contributed by atoms with Crippen molar-refractivity contribution in [3.8, 4) is 5.69 Å². The van der Waals surface area contributed by atoms with Crippen molar-refractivity contribution in [2.45, 2.75) is 33.2 Å². The Morgan fingerprint density at radius 2 is 1.97 bits per heavy atom. The van der Waals surface area contributed by atoms with Gasteiger partial charge in [0.15, 0.2) is 11.5 Å². The van der Waals surface area contributed by atoms with E-state index < -0.39 is 5.82 Å². The van der Waals surface area contributed by atoms with Crippen LogP contribution >= 0.6 is 0 Å². The van der Waals surface area contributed by atoms with E-state index in [1.807, 2.05) is 44.2 Å². The minimum absolute atomic E-state index is 0.250. The van der Waals surface area contributed by atoms with Gasteiger partial charge >= 0.3 is 0 Å². The van der Waals surface area contributed by atoms with E-state index in [0.717, 1.165) is 16.9 Å². The monoisotopic (exact) mass is 442 g/mol. The van der Waals surface area contributed by atoms with Crippen LogP contribution < -0.4 is 10.9 Å². The third kappa shape index (κ3) is 3.53. The number of hydrogen-bond donors (Lipinski definition) is 2. The molecule has 2 N–H and O–H groups in total. The molecule has 0 bridgehead atoms. The van der Waals surface area contributed by atoms with Crippen LogP contribution in [-0.2, 0) is 0 Å². The topological polar surface area (TPSA) is 88.5 Å². The van der Waals surface area contributed by atoms with Crippen molar-refractivity contribution >= 4 is 27.8 Å². The molecular formula is C25H23FN6O. The van der Waals surface area contributed by atoms with Crippen molar-refractivity contribution in [3.05, 3.63) is 88.1 Å². The fourth-order valence-electron chi connectivity index (χ4n) is 4.28. The number of nitrogens with one attached hydrogen (secondary N) is 2. The van der Waals surface area contributed by atoms with E-state index in [1.165, 1.54) is 12.4 Å². The molecule has 2 aromatic carbocycles. The Hall–Kier alpha value is -4.07. The maximum atomic E-state index is 14.4. The van der Waals surface area contributed by atoms with Gasteiger partial charge in [-0.05, 0) is 61.0 Å². The highest BCUT2D eigenvalue weighted by Crippen LogP contribution is 2.29. The predicted octanol–water partition coefficient (Wildman–Crippen LogP) is 4.98. The lowest BCUT2D eigenvalue weighted by Gasteiger charge is -2.24. The molecule has 3 aromatic heterocycles. The molecule has 1 atom stereocenters. The minimum Gasteiger partial charge on any atom is -0.360 e. The average molecular weight is 442 g/mol. The van der Waals surface area contributed by atoms with Gasteiger partial charge in [-0.15, -0.1) is 0 Å². The lowest BCUT2D eigenvalue weighted by molar-refractivity contribution is 0.620. The van der Waals surface area contributed by atoms with Crippen LogP contribution in [0.1, 0.15) is 36.2 Å². The number of anilines is 1. The summed E-state index contributed by atoms with van der Waals surface area (Å²) < 4.78 is 16.0. The first-order chi connectivity index (χ1) is 16.0. The first-order valence-electron chi connectivity index (χ1n) is 10.8. The number of H-pyrrole nitrogens is 1. The summed E-state index contributed by atoms with van der Waals surface area (Å²) in [6.07, 6.45) is 3.70. The number of imidazole rings is 1. The number of benzene rings is 2. The van der Waals surface area contributed by atoms with Crippen LogP contribution in [0.25, 0.3) is 27.6 Å². The molecule has 5 rings (SSSR count). The number of fused-ring (bicyclic) bond motifs is 2. The molecule has 166 valence electrons. The Balaban J connectivity index is 1.76. The molecule has 5 aromatic rings. The van der Waals surface area contributed by atoms with E-state index in [4.69, 9.17) is 0 Å². The molecule has 3 heterocycles. The summed E-state index contributed by atoms with van der Waals surface area (Å²) in [6.45, 7) is 5.66. The van der Waals surface area contributed by atoms with Crippen molar-refractivity contribution in [1.82, 2.24) is 24.5 Å². The van der Waals surface area contributed by atoms with Gasteiger partial charge in [0.2, 0.25) is 0 Å². The average Bonchev–Trinajstić information content (AvgIpc) is 3.29. The molecule has 0 spiro atoms. The maximum absolute atomic E-state index is 14.4. The maximum Gasteiger partial charge on any atom is 0.263 e. The van der Waals surface area contributed by atoms with E-state index in [0.29, 0.717) is 39.7 Å². The fraction of sp³-hybridized carbons (Fsp3) is 0.200. The summed E-state index contributed by atoms with van der Waals surface area (Å²) in [6, 6.07) is 12.5. The Bertz CT molecular complexity index is 1550. The van der Waals surface area contributed by atoms with Gasteiger partial charge in [0.1, 0.15) is 17.7 Å². The second-order valence-corrected chi connectivity index (χ2v) is 8.11. The highest BCUT2D eigenvalue weighted by Gasteiger charge is 2.21. The Labute approximate surface area is 189 Å². The second-order valence-electron chi connectivity index (χ2n) is 8.11. The van der Waals surface area contributed by atoms with Crippen molar-refractivity contribution in [2.24, 2.45) is 0 Å². The van der Waals surface area contributed by atoms with E-state index >= 15 is 0 Å². The lowest BCUT2D eigenvalue weighted by Crippen LogP contribution is -2.27. The number of aryl methyl sites for hydroxylation is 2. The molecule has 0 radical (unpaired) electrons. The quantitative estimate of drug-likeness (QED) is 0.401. The van der Waals surface area contributed by atoms with Crippen LogP contribution in [0.15, 0.2) is 59.9 Å². The summed E-state index contributed by atoms with van der Waals surface area (Å²) in [5.74, 6) is 0.207. The van der Waals surface area contributed by atoms with Gasteiger partial charge in [0, 0.05) is 11.4 Å². The van der Waals surface area contributed by atoms with Crippen LogP contribution in [0.2, 0.25) is 0 Å². The number of nitrogens with zero attached hydrogens (tertiary/aromatic N) is 4. The molecular weight excluding hydrogens is 419 g/mol. The molecule has 0 saturated heterocycles. The highest BCUT2D eigenvalue weighted by atomic mass is 19.1. The first kappa shape index (κ1) is 20.8. The van der Waals surface area contributed by atoms with Crippen molar-refractivity contribution < 1.29 is 4.39 Å². The molecule has 0 aliphatic carbocycles. The normalized spacial score (nSPS) is 12.4. The second kappa shape index (κ2) is 8.12. The smallest absolute Gasteiger partial charge is 0.263 e. The van der Waals surface area contributed by atoms with E-state index in [1.54, 1.807) is 23.9 Å². The molecule has 0 unspecified atom stereocenters. The summed E-state index contributed by atoms with van der Waals surface area (Å²) in [5.41, 5.74) is 3.87. The van der Waals surface area contributed by atoms with Gasteiger partial charge < -0.3 is 10.3 Å². The summed E-state index contributed by atoms with van der Waals surface area (Å²) in [7, 11) is 0. The summed E-state index contributed by atoms with van der Waals surface area (Å²) >= 11 is 0. The largest absolute Gasteiger partial charge is 0.360 e. The highest BCUT2D eigenvalue weighted by molar-refractivity contribution is 5.86. The Kier molecular flexibility index (Phi) is 5.12. The number of aromatic nitrogens is 5. The van der Waals surface area contributed by atoms with E-state index in [-0.39, 0.29) is 11.6 Å². The van der Waals surface area contributed by atoms with Gasteiger partial charge in [-0.3, -0.25) is 9.36 Å². The van der Waals surface area contributed by atoms with E-state index in [2.05, 4.69) is 25.3 Å². The van der Waals surface area contributed by atoms with E-state index in [9.17, 15) is 9.18 Å². The Morgan fingerprint density at radius 3 is 2.76 bits per heavy atom. The van der Waals surface area contributed by atoms with Crippen molar-refractivity contribution in [1.29, 1.82) is 0 Å². The molecule has 7 nitrogen and oxygen atoms in total. The molecule has 33 heavy (non-hydrogen) atoms. The van der Waals surface area contributed by atoms with Gasteiger partial charge in [0.05, 0.1) is 17.8 Å². The van der Waals surface area contributed by atoms with Crippen molar-refractivity contribution in [3.63, 3.8) is 0 Å². The van der Waals surface area contributed by atoms with Gasteiger partial charge in [0.25, 0.3) is 5.56 Å². The van der Waals surface area contributed by atoms with Crippen molar-refractivity contribution in [2.75, 3.05) is 5.32 Å². The first-order valence-corrected chi connectivity index (χ1v) is 10.8. The number of aromatic amines is 1. The van der Waals surface area contributed by atoms with Gasteiger partial charge in [-0.1, -0.05) is 25.1 Å². The molecule has 0 aliphatic heterocycles. The predicted molar refractivity (Wildman–Crippen MR) is 127 cm³/mol. The minimum atomic E-state index is -0.393. The van der Waals surface area contributed by atoms with Crippen LogP contribution in [0.3, 0.4) is 0 Å². The zero-order chi connectivity index (χ0) is 23.1. The number of pyridine rings is 1. The van der Waals surface area contributed by atoms with Crippen LogP contribution in [0.4, 0.5) is 10.2 Å². The number of rotatable bonds is 5. The Morgan fingerprint density at radius 1 is 1.12 bits per heavy atom. The fourth-order valence-corrected chi connectivity index (χ4v) is 4.28. The molecule has 0 aliphatic rings. The summed E-state index contributed by atoms with van der Waals surface area (Å²) in [5, 5.41) is 4.54.